The molecule has 1 aromatic heterocycles. The van der Waals surface area contributed by atoms with Crippen molar-refractivity contribution in [1.82, 2.24) is 0 Å². The van der Waals surface area contributed by atoms with Crippen molar-refractivity contribution in [3.8, 4) is 5.75 Å². The highest BCUT2D eigenvalue weighted by atomic mass is 32.1. The second-order valence-electron chi connectivity index (χ2n) is 5.71. The molecule has 2 amide bonds. The van der Waals surface area contributed by atoms with Gasteiger partial charge in [-0.3, -0.25) is 9.59 Å². The lowest BCUT2D eigenvalue weighted by molar-refractivity contribution is -0.122. The molecule has 2 aromatic carbocycles. The third-order valence-electron chi connectivity index (χ3n) is 3.87. The number of carbonyl (C=O) groups is 2. The Balaban J connectivity index is 1.58. The zero-order valence-electron chi connectivity index (χ0n) is 13.1. The van der Waals surface area contributed by atoms with E-state index in [0.717, 1.165) is 4.70 Å². The van der Waals surface area contributed by atoms with E-state index in [9.17, 15) is 14.0 Å². The third-order valence-corrected chi connectivity index (χ3v) is 4.99. The summed E-state index contributed by atoms with van der Waals surface area (Å²) in [6, 6.07) is 11.1. The number of hydrogen-bond donors (Lipinski definition) is 2. The first-order valence-corrected chi connectivity index (χ1v) is 8.43. The molecule has 25 heavy (non-hydrogen) atoms. The number of ether oxygens (including phenoxy) is 1. The van der Waals surface area contributed by atoms with Crippen LogP contribution < -0.4 is 15.4 Å². The summed E-state index contributed by atoms with van der Waals surface area (Å²) in [7, 11) is 0. The highest BCUT2D eigenvalue weighted by Gasteiger charge is 2.23. The summed E-state index contributed by atoms with van der Waals surface area (Å²) in [6.45, 7) is 1.66. The van der Waals surface area contributed by atoms with Gasteiger partial charge in [-0.15, -0.1) is 11.3 Å². The Morgan fingerprint density at radius 2 is 2.08 bits per heavy atom. The van der Waals surface area contributed by atoms with Crippen molar-refractivity contribution >= 4 is 44.6 Å². The summed E-state index contributed by atoms with van der Waals surface area (Å²) in [5.74, 6) is -0.306. The molecule has 0 saturated heterocycles. The predicted octanol–water partition coefficient (Wildman–Crippen LogP) is 4.01. The highest BCUT2D eigenvalue weighted by Crippen LogP contribution is 2.33. The molecular weight excluding hydrogens is 343 g/mol. The molecule has 1 aliphatic heterocycles. The topological polar surface area (TPSA) is 67.4 Å². The summed E-state index contributed by atoms with van der Waals surface area (Å²) in [4.78, 5) is 24.6. The number of rotatable bonds is 2. The Kier molecular flexibility index (Phi) is 3.65. The van der Waals surface area contributed by atoms with Gasteiger partial charge in [0.2, 0.25) is 0 Å². The summed E-state index contributed by atoms with van der Waals surface area (Å²) in [6.07, 6.45) is -0.549. The molecule has 7 heteroatoms. The van der Waals surface area contributed by atoms with Gasteiger partial charge in [0.05, 0.1) is 10.6 Å². The second kappa shape index (κ2) is 5.86. The van der Waals surface area contributed by atoms with Crippen LogP contribution in [-0.2, 0) is 4.79 Å². The van der Waals surface area contributed by atoms with E-state index in [2.05, 4.69) is 10.6 Å². The lowest BCUT2D eigenvalue weighted by atomic mass is 10.2. The minimum Gasteiger partial charge on any atom is -0.479 e. The van der Waals surface area contributed by atoms with Crippen molar-refractivity contribution in [1.29, 1.82) is 0 Å². The lowest BCUT2D eigenvalue weighted by Gasteiger charge is -2.23. The van der Waals surface area contributed by atoms with Gasteiger partial charge in [-0.05, 0) is 54.8 Å². The maximum absolute atomic E-state index is 13.3. The van der Waals surface area contributed by atoms with Crippen LogP contribution in [0.2, 0.25) is 0 Å². The Morgan fingerprint density at radius 3 is 2.92 bits per heavy atom. The molecule has 0 saturated carbocycles. The van der Waals surface area contributed by atoms with Crippen molar-refractivity contribution in [2.75, 3.05) is 10.6 Å². The molecule has 0 spiro atoms. The van der Waals surface area contributed by atoms with Crippen LogP contribution in [0.5, 0.6) is 5.75 Å². The first-order valence-electron chi connectivity index (χ1n) is 7.61. The van der Waals surface area contributed by atoms with Crippen LogP contribution >= 0.6 is 11.3 Å². The molecule has 1 atom stereocenters. The van der Waals surface area contributed by atoms with Crippen LogP contribution in [0.4, 0.5) is 15.8 Å². The Labute approximate surface area is 146 Å². The summed E-state index contributed by atoms with van der Waals surface area (Å²) in [5, 5.41) is 6.21. The van der Waals surface area contributed by atoms with Gasteiger partial charge in [-0.25, -0.2) is 4.39 Å². The molecule has 2 N–H and O–H groups in total. The number of hydrogen-bond acceptors (Lipinski definition) is 4. The Morgan fingerprint density at radius 1 is 1.24 bits per heavy atom. The number of nitrogens with one attached hydrogen (secondary N) is 2. The molecule has 2 heterocycles. The number of anilines is 2. The van der Waals surface area contributed by atoms with E-state index >= 15 is 0 Å². The second-order valence-corrected chi connectivity index (χ2v) is 6.79. The van der Waals surface area contributed by atoms with Crippen molar-refractivity contribution in [3.05, 3.63) is 53.2 Å². The van der Waals surface area contributed by atoms with E-state index in [1.165, 1.54) is 23.5 Å². The first-order chi connectivity index (χ1) is 12.0. The fourth-order valence-corrected chi connectivity index (χ4v) is 3.54. The van der Waals surface area contributed by atoms with E-state index in [-0.39, 0.29) is 17.6 Å². The molecule has 1 aliphatic rings. The fraction of sp³-hybridized carbons (Fsp3) is 0.111. The van der Waals surface area contributed by atoms with Crippen LogP contribution in [0.25, 0.3) is 10.1 Å². The SMILES string of the molecule is C[C@H]1Oc2ccc(NC(=O)c3cc4cc(F)ccc4s3)cc2NC1=O. The molecule has 126 valence electrons. The number of thiophene rings is 1. The first kappa shape index (κ1) is 15.6. The van der Waals surface area contributed by atoms with Crippen molar-refractivity contribution in [2.24, 2.45) is 0 Å². The Bertz CT molecular complexity index is 1010. The summed E-state index contributed by atoms with van der Waals surface area (Å²) in [5.41, 5.74) is 1.05. The van der Waals surface area contributed by atoms with Crippen LogP contribution in [0.15, 0.2) is 42.5 Å². The molecule has 0 fully saturated rings. The van der Waals surface area contributed by atoms with Gasteiger partial charge < -0.3 is 15.4 Å². The van der Waals surface area contributed by atoms with Gasteiger partial charge in [0.25, 0.3) is 11.8 Å². The van der Waals surface area contributed by atoms with Crippen molar-refractivity contribution < 1.29 is 18.7 Å². The van der Waals surface area contributed by atoms with E-state index < -0.39 is 6.10 Å². The summed E-state index contributed by atoms with van der Waals surface area (Å²) < 4.78 is 19.6. The molecule has 0 unspecified atom stereocenters. The number of halogens is 1. The molecular formula is C18H13FN2O3S. The minimum atomic E-state index is -0.549. The van der Waals surface area contributed by atoms with Crippen LogP contribution in [-0.4, -0.2) is 17.9 Å². The normalized spacial score (nSPS) is 16.1. The molecule has 3 aromatic rings. The van der Waals surface area contributed by atoms with Gasteiger partial charge >= 0.3 is 0 Å². The zero-order chi connectivity index (χ0) is 17.6. The van der Waals surface area contributed by atoms with E-state index in [1.807, 2.05) is 0 Å². The maximum atomic E-state index is 13.3. The Hall–Kier alpha value is -2.93. The van der Waals surface area contributed by atoms with Crippen LogP contribution in [0.1, 0.15) is 16.6 Å². The fourth-order valence-electron chi connectivity index (χ4n) is 2.61. The largest absolute Gasteiger partial charge is 0.479 e. The zero-order valence-corrected chi connectivity index (χ0v) is 13.9. The summed E-state index contributed by atoms with van der Waals surface area (Å²) >= 11 is 1.29. The van der Waals surface area contributed by atoms with E-state index in [4.69, 9.17) is 4.74 Å². The molecule has 0 radical (unpaired) electrons. The van der Waals surface area contributed by atoms with Gasteiger partial charge in [0.15, 0.2) is 6.10 Å². The lowest BCUT2D eigenvalue weighted by Crippen LogP contribution is -2.34. The van der Waals surface area contributed by atoms with Gasteiger partial charge in [-0.1, -0.05) is 0 Å². The van der Waals surface area contributed by atoms with Crippen molar-refractivity contribution in [2.45, 2.75) is 13.0 Å². The molecule has 5 nitrogen and oxygen atoms in total. The molecule has 0 aliphatic carbocycles. The van der Waals surface area contributed by atoms with Gasteiger partial charge in [0, 0.05) is 10.4 Å². The quantitative estimate of drug-likeness (QED) is 0.729. The number of amides is 2. The standard InChI is InChI=1S/C18H13FN2O3S/c1-9-17(22)21-13-8-12(3-4-14(13)24-9)20-18(23)16-7-10-6-11(19)2-5-15(10)25-16/h2-9H,1H3,(H,20,23)(H,21,22)/t9-/m1/s1. The van der Waals surface area contributed by atoms with Crippen molar-refractivity contribution in [3.63, 3.8) is 0 Å². The molecule has 0 bridgehead atoms. The minimum absolute atomic E-state index is 0.234. The van der Waals surface area contributed by atoms with Gasteiger partial charge in [0.1, 0.15) is 11.6 Å². The third kappa shape index (κ3) is 2.94. The number of fused-ring (bicyclic) bond motifs is 2. The van der Waals surface area contributed by atoms with Crippen LogP contribution in [0.3, 0.4) is 0 Å². The predicted molar refractivity (Wildman–Crippen MR) is 94.9 cm³/mol. The van der Waals surface area contributed by atoms with Crippen LogP contribution in [0, 0.1) is 5.82 Å². The number of carbonyl (C=O) groups excluding carboxylic acids is 2. The maximum Gasteiger partial charge on any atom is 0.265 e. The smallest absolute Gasteiger partial charge is 0.265 e. The molecule has 4 rings (SSSR count). The number of benzene rings is 2. The van der Waals surface area contributed by atoms with E-state index in [1.54, 1.807) is 37.3 Å². The average Bonchev–Trinajstić information content (AvgIpc) is 2.99. The van der Waals surface area contributed by atoms with Gasteiger partial charge in [-0.2, -0.15) is 0 Å². The van der Waals surface area contributed by atoms with E-state index in [0.29, 0.717) is 27.4 Å². The highest BCUT2D eigenvalue weighted by molar-refractivity contribution is 7.20. The monoisotopic (exact) mass is 356 g/mol. The average molecular weight is 356 g/mol.